The maximum absolute atomic E-state index is 11.7. The Hall–Kier alpha value is -1.15. The fourth-order valence-corrected chi connectivity index (χ4v) is 1.45. The summed E-state index contributed by atoms with van der Waals surface area (Å²) in [6, 6.07) is 0. The molecule has 0 aliphatic carbocycles. The second-order valence-electron chi connectivity index (χ2n) is 2.98. The van der Waals surface area contributed by atoms with Crippen molar-refractivity contribution in [1.29, 1.82) is 0 Å². The zero-order chi connectivity index (χ0) is 12.0. The molecule has 0 atom stereocenters. The van der Waals surface area contributed by atoms with Crippen molar-refractivity contribution >= 4 is 17.2 Å². The predicted octanol–water partition coefficient (Wildman–Crippen LogP) is 0.911. The van der Waals surface area contributed by atoms with Crippen molar-refractivity contribution in [2.45, 2.75) is 12.7 Å². The Kier molecular flexibility index (Phi) is 4.69. The molecule has 16 heavy (non-hydrogen) atoms. The summed E-state index contributed by atoms with van der Waals surface area (Å²) in [6.45, 7) is -1.10. The van der Waals surface area contributed by atoms with Crippen LogP contribution < -0.4 is 10.6 Å². The molecule has 0 radical (unpaired) electrons. The third-order valence-corrected chi connectivity index (χ3v) is 2.20. The van der Waals surface area contributed by atoms with Crippen LogP contribution in [0, 0.1) is 0 Å². The van der Waals surface area contributed by atoms with Gasteiger partial charge in [-0.1, -0.05) is 0 Å². The molecule has 1 rings (SSSR count). The Morgan fingerprint density at radius 1 is 1.50 bits per heavy atom. The van der Waals surface area contributed by atoms with Crippen LogP contribution in [0.25, 0.3) is 0 Å². The molecule has 2 N–H and O–H groups in total. The number of nitrogens with one attached hydrogen (secondary N) is 2. The zero-order valence-electron chi connectivity index (χ0n) is 8.17. The third-order valence-electron chi connectivity index (χ3n) is 1.56. The van der Waals surface area contributed by atoms with Crippen molar-refractivity contribution in [3.63, 3.8) is 0 Å². The fraction of sp³-hybridized carbons (Fsp3) is 0.500. The van der Waals surface area contributed by atoms with Crippen LogP contribution in [-0.4, -0.2) is 30.2 Å². The number of thiazole rings is 1. The summed E-state index contributed by atoms with van der Waals surface area (Å²) < 4.78 is 35.2. The van der Waals surface area contributed by atoms with E-state index >= 15 is 0 Å². The number of aromatic nitrogens is 1. The summed E-state index contributed by atoms with van der Waals surface area (Å²) in [5, 5.41) is 6.24. The number of rotatable bonds is 5. The predicted molar refractivity (Wildman–Crippen MR) is 52.9 cm³/mol. The molecule has 0 bridgehead atoms. The molecule has 0 aliphatic rings. The van der Waals surface area contributed by atoms with Crippen molar-refractivity contribution in [1.82, 2.24) is 15.6 Å². The topological polar surface area (TPSA) is 54.0 Å². The summed E-state index contributed by atoms with van der Waals surface area (Å²) in [5.41, 5.74) is 2.40. The van der Waals surface area contributed by atoms with Crippen LogP contribution in [0.4, 0.5) is 13.2 Å². The highest BCUT2D eigenvalue weighted by Crippen LogP contribution is 2.11. The number of nitrogens with zero attached hydrogens (tertiary/aromatic N) is 1. The van der Waals surface area contributed by atoms with Gasteiger partial charge in [0.15, 0.2) is 0 Å². The highest BCUT2D eigenvalue weighted by Gasteiger charge is 2.27. The van der Waals surface area contributed by atoms with E-state index in [1.54, 1.807) is 16.2 Å². The molecule has 0 fully saturated rings. The van der Waals surface area contributed by atoms with Crippen LogP contribution in [0.15, 0.2) is 10.9 Å². The molecule has 0 aromatic carbocycles. The molecule has 90 valence electrons. The molecule has 8 heteroatoms. The van der Waals surface area contributed by atoms with E-state index in [4.69, 9.17) is 0 Å². The van der Waals surface area contributed by atoms with Gasteiger partial charge in [-0.05, 0) is 0 Å². The van der Waals surface area contributed by atoms with Crippen LogP contribution >= 0.6 is 11.3 Å². The summed E-state index contributed by atoms with van der Waals surface area (Å²) in [4.78, 5) is 14.9. The van der Waals surface area contributed by atoms with E-state index < -0.39 is 18.6 Å². The average Bonchev–Trinajstić information content (AvgIpc) is 2.66. The first-order valence-electron chi connectivity index (χ1n) is 4.38. The van der Waals surface area contributed by atoms with Gasteiger partial charge in [-0.2, -0.15) is 13.2 Å². The Bertz CT molecular complexity index is 326. The van der Waals surface area contributed by atoms with Gasteiger partial charge in [-0.25, -0.2) is 4.98 Å². The summed E-state index contributed by atoms with van der Waals surface area (Å²) >= 11 is 1.41. The van der Waals surface area contributed by atoms with Crippen LogP contribution in [0.3, 0.4) is 0 Å². The first kappa shape index (κ1) is 12.9. The summed E-state index contributed by atoms with van der Waals surface area (Å²) in [7, 11) is 0. The van der Waals surface area contributed by atoms with E-state index in [0.717, 1.165) is 5.69 Å². The lowest BCUT2D eigenvalue weighted by atomic mass is 10.4. The minimum atomic E-state index is -4.37. The Labute approximate surface area is 93.9 Å². The van der Waals surface area contributed by atoms with Gasteiger partial charge in [-0.3, -0.25) is 4.79 Å². The number of hydrogen-bond acceptors (Lipinski definition) is 4. The molecule has 0 aliphatic heterocycles. The molecule has 0 spiro atoms. The van der Waals surface area contributed by atoms with E-state index in [0.29, 0.717) is 6.54 Å². The van der Waals surface area contributed by atoms with E-state index in [1.807, 2.05) is 0 Å². The van der Waals surface area contributed by atoms with Gasteiger partial charge in [0, 0.05) is 11.9 Å². The quantitative estimate of drug-likeness (QED) is 0.820. The van der Waals surface area contributed by atoms with Gasteiger partial charge in [0.2, 0.25) is 5.91 Å². The smallest absolute Gasteiger partial charge is 0.346 e. The van der Waals surface area contributed by atoms with E-state index in [9.17, 15) is 18.0 Å². The van der Waals surface area contributed by atoms with Gasteiger partial charge < -0.3 is 10.6 Å². The number of halogens is 3. The normalized spacial score (nSPS) is 11.4. The maximum Gasteiger partial charge on any atom is 0.405 e. The van der Waals surface area contributed by atoms with Crippen LogP contribution in [0.5, 0.6) is 0 Å². The lowest BCUT2D eigenvalue weighted by Crippen LogP contribution is -2.39. The summed E-state index contributed by atoms with van der Waals surface area (Å²) in [6.07, 6.45) is -4.37. The fourth-order valence-electron chi connectivity index (χ4n) is 0.890. The third kappa shape index (κ3) is 5.66. The monoisotopic (exact) mass is 253 g/mol. The Morgan fingerprint density at radius 2 is 2.25 bits per heavy atom. The highest BCUT2D eigenvalue weighted by atomic mass is 32.1. The number of amides is 1. The van der Waals surface area contributed by atoms with Crippen LogP contribution in [-0.2, 0) is 11.3 Å². The molecule has 1 amide bonds. The van der Waals surface area contributed by atoms with Gasteiger partial charge >= 0.3 is 6.18 Å². The lowest BCUT2D eigenvalue weighted by Gasteiger charge is -2.08. The van der Waals surface area contributed by atoms with Crippen molar-refractivity contribution in [2.24, 2.45) is 0 Å². The molecule has 0 saturated carbocycles. The van der Waals surface area contributed by atoms with Crippen molar-refractivity contribution in [2.75, 3.05) is 13.1 Å². The largest absolute Gasteiger partial charge is 0.405 e. The van der Waals surface area contributed by atoms with Gasteiger partial charge in [0.1, 0.15) is 6.54 Å². The number of alkyl halides is 3. The standard InChI is InChI=1S/C8H10F3N3OS/c9-8(10,11)4-13-7(15)2-12-1-6-3-16-5-14-6/h3,5,12H,1-2,4H2,(H,13,15). The number of carbonyl (C=O) groups excluding carboxylic acids is 1. The molecule has 0 saturated heterocycles. The molecular weight excluding hydrogens is 243 g/mol. The first-order valence-corrected chi connectivity index (χ1v) is 5.33. The van der Waals surface area contributed by atoms with Crippen molar-refractivity contribution < 1.29 is 18.0 Å². The minimum Gasteiger partial charge on any atom is -0.346 e. The SMILES string of the molecule is O=C(CNCc1cscn1)NCC(F)(F)F. The lowest BCUT2D eigenvalue weighted by molar-refractivity contribution is -0.137. The molecule has 1 aromatic rings. The number of carbonyl (C=O) groups is 1. The average molecular weight is 253 g/mol. The van der Waals surface area contributed by atoms with E-state index in [-0.39, 0.29) is 6.54 Å². The second kappa shape index (κ2) is 5.80. The molecule has 0 unspecified atom stereocenters. The molecule has 1 heterocycles. The van der Waals surface area contributed by atoms with E-state index in [2.05, 4.69) is 10.3 Å². The minimum absolute atomic E-state index is 0.159. The first-order chi connectivity index (χ1) is 7.47. The Morgan fingerprint density at radius 3 is 2.81 bits per heavy atom. The van der Waals surface area contributed by atoms with Gasteiger partial charge in [-0.15, -0.1) is 11.3 Å². The molecule has 1 aromatic heterocycles. The number of hydrogen-bond donors (Lipinski definition) is 2. The van der Waals surface area contributed by atoms with Crippen molar-refractivity contribution in [3.05, 3.63) is 16.6 Å². The van der Waals surface area contributed by atoms with Gasteiger partial charge in [0.25, 0.3) is 0 Å². The Balaban J connectivity index is 2.11. The van der Waals surface area contributed by atoms with E-state index in [1.165, 1.54) is 11.3 Å². The molecule has 4 nitrogen and oxygen atoms in total. The maximum atomic E-state index is 11.7. The van der Waals surface area contributed by atoms with Gasteiger partial charge in [0.05, 0.1) is 17.7 Å². The van der Waals surface area contributed by atoms with Crippen LogP contribution in [0.2, 0.25) is 0 Å². The zero-order valence-corrected chi connectivity index (χ0v) is 8.99. The molecular formula is C8H10F3N3OS. The second-order valence-corrected chi connectivity index (χ2v) is 3.69. The van der Waals surface area contributed by atoms with Crippen LogP contribution in [0.1, 0.15) is 5.69 Å². The van der Waals surface area contributed by atoms with Crippen molar-refractivity contribution in [3.8, 4) is 0 Å². The highest BCUT2D eigenvalue weighted by molar-refractivity contribution is 7.07. The summed E-state index contributed by atoms with van der Waals surface area (Å²) in [5.74, 6) is -0.687.